The van der Waals surface area contributed by atoms with Crippen molar-refractivity contribution in [1.82, 2.24) is 5.32 Å². The van der Waals surface area contributed by atoms with Crippen LogP contribution in [-0.4, -0.2) is 26.2 Å². The van der Waals surface area contributed by atoms with E-state index in [1.807, 2.05) is 25.1 Å². The molecule has 1 aromatic rings. The van der Waals surface area contributed by atoms with Gasteiger partial charge in [0.15, 0.2) is 0 Å². The molecule has 0 atom stereocenters. The number of ether oxygens (including phenoxy) is 1. The summed E-state index contributed by atoms with van der Waals surface area (Å²) in [4.78, 5) is 11.7. The van der Waals surface area contributed by atoms with Crippen molar-refractivity contribution in [1.29, 1.82) is 0 Å². The highest BCUT2D eigenvalue weighted by atomic mass is 79.9. The average Bonchev–Trinajstić information content (AvgIpc) is 2.17. The molecule has 1 N–H and O–H groups in total. The van der Waals surface area contributed by atoms with E-state index in [0.29, 0.717) is 18.7 Å². The van der Waals surface area contributed by atoms with Crippen LogP contribution in [0.2, 0.25) is 0 Å². The molecule has 1 aromatic carbocycles. The van der Waals surface area contributed by atoms with E-state index in [1.165, 1.54) is 0 Å². The van der Waals surface area contributed by atoms with E-state index in [-0.39, 0.29) is 5.91 Å². The number of aryl methyl sites for hydroxylation is 1. The predicted octanol–water partition coefficient (Wildman–Crippen LogP) is 2.13. The van der Waals surface area contributed by atoms with Crippen molar-refractivity contribution in [2.24, 2.45) is 0 Å². The molecule has 0 bridgehead atoms. The molecular weight excluding hydrogens is 258 g/mol. The smallest absolute Gasteiger partial charge is 0.251 e. The molecule has 0 heterocycles. The number of nitrogens with one attached hydrogen (secondary N) is 1. The van der Waals surface area contributed by atoms with Crippen molar-refractivity contribution in [3.63, 3.8) is 0 Å². The first-order chi connectivity index (χ1) is 7.15. The van der Waals surface area contributed by atoms with Crippen LogP contribution >= 0.6 is 15.9 Å². The summed E-state index contributed by atoms with van der Waals surface area (Å²) >= 11 is 3.36. The Morgan fingerprint density at radius 1 is 1.53 bits per heavy atom. The van der Waals surface area contributed by atoms with Gasteiger partial charge in [-0.2, -0.15) is 0 Å². The molecule has 1 rings (SSSR count). The maximum absolute atomic E-state index is 11.7. The third-order valence-corrected chi connectivity index (χ3v) is 2.52. The number of benzene rings is 1. The van der Waals surface area contributed by atoms with Crippen molar-refractivity contribution in [2.45, 2.75) is 6.92 Å². The van der Waals surface area contributed by atoms with Gasteiger partial charge in [0.1, 0.15) is 0 Å². The zero-order chi connectivity index (χ0) is 11.3. The van der Waals surface area contributed by atoms with Gasteiger partial charge < -0.3 is 10.1 Å². The number of hydrogen-bond acceptors (Lipinski definition) is 2. The van der Waals surface area contributed by atoms with Crippen molar-refractivity contribution in [3.05, 3.63) is 33.8 Å². The van der Waals surface area contributed by atoms with Gasteiger partial charge in [-0.1, -0.05) is 15.9 Å². The SMILES string of the molecule is COCCNC(=O)c1ccc(Br)cc1C. The number of halogens is 1. The van der Waals surface area contributed by atoms with E-state index >= 15 is 0 Å². The zero-order valence-electron chi connectivity index (χ0n) is 8.84. The fourth-order valence-corrected chi connectivity index (χ4v) is 1.72. The van der Waals surface area contributed by atoms with Gasteiger partial charge in [-0.05, 0) is 30.7 Å². The molecule has 3 nitrogen and oxygen atoms in total. The van der Waals surface area contributed by atoms with Crippen molar-refractivity contribution < 1.29 is 9.53 Å². The Hall–Kier alpha value is -0.870. The van der Waals surface area contributed by atoms with Crippen LogP contribution in [0.15, 0.2) is 22.7 Å². The van der Waals surface area contributed by atoms with Gasteiger partial charge >= 0.3 is 0 Å². The van der Waals surface area contributed by atoms with E-state index in [0.717, 1.165) is 10.0 Å². The molecule has 82 valence electrons. The van der Waals surface area contributed by atoms with Gasteiger partial charge in [-0.15, -0.1) is 0 Å². The first-order valence-corrected chi connectivity index (χ1v) is 5.47. The molecule has 0 unspecified atom stereocenters. The van der Waals surface area contributed by atoms with Crippen LogP contribution in [0.25, 0.3) is 0 Å². The first kappa shape index (κ1) is 12.2. The Morgan fingerprint density at radius 2 is 2.27 bits per heavy atom. The van der Waals surface area contributed by atoms with Crippen molar-refractivity contribution in [2.75, 3.05) is 20.3 Å². The normalized spacial score (nSPS) is 10.1. The Balaban J connectivity index is 2.65. The van der Waals surface area contributed by atoms with E-state index < -0.39 is 0 Å². The summed E-state index contributed by atoms with van der Waals surface area (Å²) < 4.78 is 5.84. The maximum atomic E-state index is 11.7. The number of carbonyl (C=O) groups is 1. The topological polar surface area (TPSA) is 38.3 Å². The van der Waals surface area contributed by atoms with Gasteiger partial charge in [-0.25, -0.2) is 0 Å². The van der Waals surface area contributed by atoms with Crippen molar-refractivity contribution in [3.8, 4) is 0 Å². The molecule has 0 aliphatic rings. The molecule has 0 radical (unpaired) electrons. The quantitative estimate of drug-likeness (QED) is 0.853. The monoisotopic (exact) mass is 271 g/mol. The van der Waals surface area contributed by atoms with Gasteiger partial charge in [0.2, 0.25) is 0 Å². The lowest BCUT2D eigenvalue weighted by Crippen LogP contribution is -2.27. The predicted molar refractivity (Wildman–Crippen MR) is 63.1 cm³/mol. The highest BCUT2D eigenvalue weighted by Crippen LogP contribution is 2.15. The second-order valence-corrected chi connectivity index (χ2v) is 4.12. The first-order valence-electron chi connectivity index (χ1n) is 4.68. The second kappa shape index (κ2) is 5.88. The van der Waals surface area contributed by atoms with E-state index in [9.17, 15) is 4.79 Å². The molecule has 0 saturated heterocycles. The lowest BCUT2D eigenvalue weighted by Gasteiger charge is -2.07. The Bertz CT molecular complexity index is 352. The Kier molecular flexibility index (Phi) is 4.78. The maximum Gasteiger partial charge on any atom is 0.251 e. The van der Waals surface area contributed by atoms with Crippen LogP contribution in [0.1, 0.15) is 15.9 Å². The summed E-state index contributed by atoms with van der Waals surface area (Å²) in [7, 11) is 1.61. The summed E-state index contributed by atoms with van der Waals surface area (Å²) in [5.41, 5.74) is 1.66. The molecular formula is C11H14BrNO2. The average molecular weight is 272 g/mol. The van der Waals surface area contributed by atoms with Crippen LogP contribution in [0.5, 0.6) is 0 Å². The minimum atomic E-state index is -0.0583. The highest BCUT2D eigenvalue weighted by molar-refractivity contribution is 9.10. The summed E-state index contributed by atoms with van der Waals surface area (Å²) in [6, 6.07) is 5.59. The molecule has 0 fully saturated rings. The third kappa shape index (κ3) is 3.64. The number of hydrogen-bond donors (Lipinski definition) is 1. The van der Waals surface area contributed by atoms with Crippen LogP contribution in [0.4, 0.5) is 0 Å². The van der Waals surface area contributed by atoms with Gasteiger partial charge in [-0.3, -0.25) is 4.79 Å². The highest BCUT2D eigenvalue weighted by Gasteiger charge is 2.07. The molecule has 0 saturated carbocycles. The Labute approximate surface area is 97.9 Å². The van der Waals surface area contributed by atoms with Crippen LogP contribution in [0, 0.1) is 6.92 Å². The molecule has 4 heteroatoms. The molecule has 0 aromatic heterocycles. The fraction of sp³-hybridized carbons (Fsp3) is 0.364. The standard InChI is InChI=1S/C11H14BrNO2/c1-8-7-9(12)3-4-10(8)11(14)13-5-6-15-2/h3-4,7H,5-6H2,1-2H3,(H,13,14). The molecule has 0 spiro atoms. The minimum Gasteiger partial charge on any atom is -0.383 e. The minimum absolute atomic E-state index is 0.0583. The largest absolute Gasteiger partial charge is 0.383 e. The Morgan fingerprint density at radius 3 is 2.87 bits per heavy atom. The number of carbonyl (C=O) groups excluding carboxylic acids is 1. The third-order valence-electron chi connectivity index (χ3n) is 2.02. The number of amides is 1. The van der Waals surface area contributed by atoms with Gasteiger partial charge in [0.25, 0.3) is 5.91 Å². The van der Waals surface area contributed by atoms with Crippen LogP contribution in [0.3, 0.4) is 0 Å². The van der Waals surface area contributed by atoms with E-state index in [4.69, 9.17) is 4.74 Å². The summed E-state index contributed by atoms with van der Waals surface area (Å²) in [5.74, 6) is -0.0583. The summed E-state index contributed by atoms with van der Waals surface area (Å²) in [6.07, 6.45) is 0. The number of methoxy groups -OCH3 is 1. The van der Waals surface area contributed by atoms with Crippen molar-refractivity contribution >= 4 is 21.8 Å². The van der Waals surface area contributed by atoms with Gasteiger partial charge in [0.05, 0.1) is 6.61 Å². The van der Waals surface area contributed by atoms with Gasteiger partial charge in [0, 0.05) is 23.7 Å². The van der Waals surface area contributed by atoms with Crippen LogP contribution in [-0.2, 0) is 4.74 Å². The molecule has 0 aliphatic heterocycles. The van der Waals surface area contributed by atoms with E-state index in [2.05, 4.69) is 21.2 Å². The van der Waals surface area contributed by atoms with Crippen LogP contribution < -0.4 is 5.32 Å². The summed E-state index contributed by atoms with van der Waals surface area (Å²) in [6.45, 7) is 2.97. The molecule has 0 aliphatic carbocycles. The molecule has 1 amide bonds. The number of rotatable bonds is 4. The molecule has 15 heavy (non-hydrogen) atoms. The summed E-state index contributed by atoms with van der Waals surface area (Å²) in [5, 5.41) is 2.78. The second-order valence-electron chi connectivity index (χ2n) is 3.21. The van der Waals surface area contributed by atoms with E-state index in [1.54, 1.807) is 7.11 Å². The zero-order valence-corrected chi connectivity index (χ0v) is 10.4. The fourth-order valence-electron chi connectivity index (χ4n) is 1.24. The lowest BCUT2D eigenvalue weighted by atomic mass is 10.1. The lowest BCUT2D eigenvalue weighted by molar-refractivity contribution is 0.0936.